The molecule has 1 rings (SSSR count). The van der Waals surface area contributed by atoms with Gasteiger partial charge in [-0.1, -0.05) is 0 Å². The van der Waals surface area contributed by atoms with E-state index in [0.29, 0.717) is 6.04 Å². The van der Waals surface area contributed by atoms with E-state index in [-0.39, 0.29) is 0 Å². The minimum atomic E-state index is 0.504. The van der Waals surface area contributed by atoms with Gasteiger partial charge in [0.15, 0.2) is 0 Å². The first-order valence-electron chi connectivity index (χ1n) is 5.30. The van der Waals surface area contributed by atoms with Crippen LogP contribution in [0.3, 0.4) is 0 Å². The highest BCUT2D eigenvalue weighted by atomic mass is 15.3. The topological polar surface area (TPSA) is 46.0 Å². The van der Waals surface area contributed by atoms with Gasteiger partial charge in [0.2, 0.25) is 0 Å². The van der Waals surface area contributed by atoms with E-state index in [2.05, 4.69) is 41.3 Å². The lowest BCUT2D eigenvalue weighted by Crippen LogP contribution is -2.30. The van der Waals surface area contributed by atoms with E-state index in [0.717, 1.165) is 25.3 Å². The van der Waals surface area contributed by atoms with Crippen LogP contribution in [-0.4, -0.2) is 46.3 Å². The second kappa shape index (κ2) is 5.82. The summed E-state index contributed by atoms with van der Waals surface area (Å²) in [6.07, 6.45) is 2.73. The molecule has 1 N–H and O–H groups in total. The van der Waals surface area contributed by atoms with Gasteiger partial charge in [0.05, 0.1) is 6.54 Å². The van der Waals surface area contributed by atoms with Crippen molar-refractivity contribution in [3.05, 3.63) is 12.2 Å². The fraction of sp³-hybridized carbons (Fsp3) is 0.800. The molecule has 0 bridgehead atoms. The largest absolute Gasteiger partial charge is 0.309 e. The molecule has 0 radical (unpaired) electrons. The van der Waals surface area contributed by atoms with E-state index >= 15 is 0 Å². The van der Waals surface area contributed by atoms with Gasteiger partial charge in [-0.15, -0.1) is 0 Å². The first-order valence-corrected chi connectivity index (χ1v) is 5.30. The van der Waals surface area contributed by atoms with E-state index in [1.807, 2.05) is 7.05 Å². The maximum Gasteiger partial charge on any atom is 0.140 e. The fourth-order valence-corrected chi connectivity index (χ4v) is 1.30. The van der Waals surface area contributed by atoms with E-state index in [1.54, 1.807) is 11.0 Å². The van der Waals surface area contributed by atoms with Crippen LogP contribution < -0.4 is 5.32 Å². The molecule has 86 valence electrons. The Kier molecular flexibility index (Phi) is 4.71. The van der Waals surface area contributed by atoms with Gasteiger partial charge in [-0.05, 0) is 34.0 Å². The van der Waals surface area contributed by atoms with Crippen LogP contribution in [0.1, 0.15) is 19.2 Å². The second-order valence-corrected chi connectivity index (χ2v) is 4.17. The minimum absolute atomic E-state index is 0.504. The first kappa shape index (κ1) is 12.1. The van der Waals surface area contributed by atoms with Gasteiger partial charge >= 0.3 is 0 Å². The maximum atomic E-state index is 4.16. The molecule has 1 atom stereocenters. The van der Waals surface area contributed by atoms with E-state index in [4.69, 9.17) is 0 Å². The average molecular weight is 211 g/mol. The smallest absolute Gasteiger partial charge is 0.140 e. The van der Waals surface area contributed by atoms with Gasteiger partial charge < -0.3 is 10.2 Å². The molecule has 1 heterocycles. The van der Waals surface area contributed by atoms with E-state index < -0.39 is 0 Å². The molecule has 1 aromatic rings. The molecule has 1 aromatic heterocycles. The van der Waals surface area contributed by atoms with Crippen LogP contribution >= 0.6 is 0 Å². The molecular formula is C10H21N5. The number of hydrogen-bond acceptors (Lipinski definition) is 4. The third kappa shape index (κ3) is 4.40. The standard InChI is InChI=1S/C10H21N5/c1-9(5-6-14(2)3)11-7-10-12-8-13-15(10)4/h8-9,11H,5-7H2,1-4H3. The summed E-state index contributed by atoms with van der Waals surface area (Å²) in [5.41, 5.74) is 0. The fourth-order valence-electron chi connectivity index (χ4n) is 1.30. The van der Waals surface area contributed by atoms with Crippen molar-refractivity contribution < 1.29 is 0 Å². The van der Waals surface area contributed by atoms with Crippen LogP contribution in [0.15, 0.2) is 6.33 Å². The third-order valence-corrected chi connectivity index (χ3v) is 2.42. The molecule has 0 fully saturated rings. The number of aromatic nitrogens is 3. The van der Waals surface area contributed by atoms with Crippen LogP contribution in [0.25, 0.3) is 0 Å². The van der Waals surface area contributed by atoms with Crippen LogP contribution in [0.4, 0.5) is 0 Å². The molecule has 0 saturated heterocycles. The van der Waals surface area contributed by atoms with Crippen LogP contribution in [-0.2, 0) is 13.6 Å². The van der Waals surface area contributed by atoms with Crippen molar-refractivity contribution in [1.29, 1.82) is 0 Å². The Morgan fingerprint density at radius 3 is 2.80 bits per heavy atom. The van der Waals surface area contributed by atoms with Crippen molar-refractivity contribution in [2.75, 3.05) is 20.6 Å². The SMILES string of the molecule is CC(CCN(C)C)NCc1ncnn1C. The van der Waals surface area contributed by atoms with Gasteiger partial charge in [-0.3, -0.25) is 4.68 Å². The molecule has 0 spiro atoms. The lowest BCUT2D eigenvalue weighted by Gasteiger charge is -2.16. The molecule has 0 aliphatic heterocycles. The van der Waals surface area contributed by atoms with E-state index in [1.165, 1.54) is 0 Å². The zero-order chi connectivity index (χ0) is 11.3. The van der Waals surface area contributed by atoms with Crippen molar-refractivity contribution in [3.8, 4) is 0 Å². The minimum Gasteiger partial charge on any atom is -0.309 e. The Morgan fingerprint density at radius 1 is 1.53 bits per heavy atom. The molecule has 1 unspecified atom stereocenters. The molecule has 0 amide bonds. The van der Waals surface area contributed by atoms with Crippen molar-refractivity contribution in [3.63, 3.8) is 0 Å². The number of nitrogens with one attached hydrogen (secondary N) is 1. The predicted molar refractivity (Wildman–Crippen MR) is 60.5 cm³/mol. The van der Waals surface area contributed by atoms with Crippen molar-refractivity contribution in [2.24, 2.45) is 7.05 Å². The molecule has 0 aromatic carbocycles. The molecule has 0 saturated carbocycles. The first-order chi connectivity index (χ1) is 7.09. The Hall–Kier alpha value is -0.940. The van der Waals surface area contributed by atoms with Crippen LogP contribution in [0.5, 0.6) is 0 Å². The molecule has 5 nitrogen and oxygen atoms in total. The summed E-state index contributed by atoms with van der Waals surface area (Å²) in [4.78, 5) is 6.36. The molecule has 0 aliphatic rings. The number of hydrogen-bond donors (Lipinski definition) is 1. The zero-order valence-corrected chi connectivity index (χ0v) is 10.1. The summed E-state index contributed by atoms with van der Waals surface area (Å²) < 4.78 is 1.80. The highest BCUT2D eigenvalue weighted by molar-refractivity contribution is 4.83. The normalized spacial score (nSPS) is 13.4. The molecule has 5 heteroatoms. The molecule has 15 heavy (non-hydrogen) atoms. The molecular weight excluding hydrogens is 190 g/mol. The highest BCUT2D eigenvalue weighted by Crippen LogP contribution is 1.95. The van der Waals surface area contributed by atoms with E-state index in [9.17, 15) is 0 Å². The maximum absolute atomic E-state index is 4.16. The summed E-state index contributed by atoms with van der Waals surface area (Å²) in [5.74, 6) is 0.978. The monoisotopic (exact) mass is 211 g/mol. The van der Waals surface area contributed by atoms with Gasteiger partial charge in [0.1, 0.15) is 12.2 Å². The van der Waals surface area contributed by atoms with Gasteiger partial charge in [0.25, 0.3) is 0 Å². The van der Waals surface area contributed by atoms with Crippen molar-refractivity contribution in [1.82, 2.24) is 25.0 Å². The van der Waals surface area contributed by atoms with Crippen LogP contribution in [0, 0.1) is 0 Å². The van der Waals surface area contributed by atoms with Gasteiger partial charge in [0, 0.05) is 13.1 Å². The number of aryl methyl sites for hydroxylation is 1. The second-order valence-electron chi connectivity index (χ2n) is 4.17. The summed E-state index contributed by atoms with van der Waals surface area (Å²) >= 11 is 0. The number of nitrogens with zero attached hydrogens (tertiary/aromatic N) is 4. The van der Waals surface area contributed by atoms with Crippen molar-refractivity contribution >= 4 is 0 Å². The summed E-state index contributed by atoms with van der Waals surface area (Å²) in [7, 11) is 6.10. The quantitative estimate of drug-likeness (QED) is 0.732. The number of rotatable bonds is 6. The zero-order valence-electron chi connectivity index (χ0n) is 10.1. The molecule has 0 aliphatic carbocycles. The Morgan fingerprint density at radius 2 is 2.27 bits per heavy atom. The highest BCUT2D eigenvalue weighted by Gasteiger charge is 2.04. The lowest BCUT2D eigenvalue weighted by atomic mass is 10.2. The predicted octanol–water partition coefficient (Wildman–Crippen LogP) is 0.245. The lowest BCUT2D eigenvalue weighted by molar-refractivity contribution is 0.363. The average Bonchev–Trinajstić information content (AvgIpc) is 2.58. The Labute approximate surface area is 91.5 Å². The van der Waals surface area contributed by atoms with Gasteiger partial charge in [-0.25, -0.2) is 4.98 Å². The Bertz CT molecular complexity index is 281. The Balaban J connectivity index is 2.22. The summed E-state index contributed by atoms with van der Waals surface area (Å²) in [5, 5.41) is 7.46. The van der Waals surface area contributed by atoms with Crippen LogP contribution in [0.2, 0.25) is 0 Å². The third-order valence-electron chi connectivity index (χ3n) is 2.42. The van der Waals surface area contributed by atoms with Gasteiger partial charge in [-0.2, -0.15) is 5.10 Å². The van der Waals surface area contributed by atoms with Crippen molar-refractivity contribution in [2.45, 2.75) is 25.9 Å². The summed E-state index contributed by atoms with van der Waals surface area (Å²) in [6.45, 7) is 4.08. The summed E-state index contributed by atoms with van der Waals surface area (Å²) in [6, 6.07) is 0.504.